The predicted molar refractivity (Wildman–Crippen MR) is 236 cm³/mol. The van der Waals surface area contributed by atoms with Gasteiger partial charge in [-0.1, -0.05) is 184 Å². The maximum atomic E-state index is 5.92. The van der Waals surface area contributed by atoms with E-state index >= 15 is 0 Å². The highest BCUT2D eigenvalue weighted by Crippen LogP contribution is 2.58. The van der Waals surface area contributed by atoms with Gasteiger partial charge in [0, 0.05) is 33.0 Å². The van der Waals surface area contributed by atoms with Crippen LogP contribution in [0.2, 0.25) is 0 Å². The summed E-state index contributed by atoms with van der Waals surface area (Å²) in [5, 5.41) is 9.20. The van der Waals surface area contributed by atoms with E-state index in [0.717, 1.165) is 17.0 Å². The molecule has 2 aliphatic carbocycles. The summed E-state index contributed by atoms with van der Waals surface area (Å²) in [7, 11) is 0. The molecule has 0 bridgehead atoms. The SMILES string of the molecule is CC1(C)C2=C(N=C(c3cccc4c3-c3ccccc3C4(c3ccccc3)c3ccccc3)C(n3c4ccccc4c4cc5ccccc5cc43)N2)c2ccccc21. The molecule has 2 heterocycles. The highest BCUT2D eigenvalue weighted by atomic mass is 15.2. The molecule has 8 aromatic carbocycles. The average molecular weight is 730 g/mol. The molecule has 0 saturated carbocycles. The molecule has 12 rings (SSSR count). The van der Waals surface area contributed by atoms with E-state index in [1.54, 1.807) is 0 Å². The highest BCUT2D eigenvalue weighted by Gasteiger charge is 2.49. The summed E-state index contributed by atoms with van der Waals surface area (Å²) in [4.78, 5) is 5.92. The van der Waals surface area contributed by atoms with Gasteiger partial charge in [0.25, 0.3) is 0 Å². The molecule has 1 aliphatic heterocycles. The first-order chi connectivity index (χ1) is 28.0. The molecule has 3 aliphatic rings. The number of fused-ring (bicyclic) bond motifs is 9. The fraction of sp³-hybridized carbons (Fsp3) is 0.0926. The van der Waals surface area contributed by atoms with Crippen molar-refractivity contribution in [1.29, 1.82) is 0 Å². The number of allylic oxidation sites excluding steroid dienone is 1. The summed E-state index contributed by atoms with van der Waals surface area (Å²) in [6.45, 7) is 4.67. The van der Waals surface area contributed by atoms with Crippen LogP contribution in [0.25, 0.3) is 49.4 Å². The minimum atomic E-state index is -0.513. The van der Waals surface area contributed by atoms with Crippen LogP contribution in [0.5, 0.6) is 0 Å². The molecule has 1 unspecified atom stereocenters. The van der Waals surface area contributed by atoms with Crippen molar-refractivity contribution in [3.05, 3.63) is 233 Å². The van der Waals surface area contributed by atoms with Crippen molar-refractivity contribution in [3.63, 3.8) is 0 Å². The van der Waals surface area contributed by atoms with Crippen LogP contribution >= 0.6 is 0 Å². The largest absolute Gasteiger partial charge is 0.361 e. The summed E-state index contributed by atoms with van der Waals surface area (Å²) in [6, 6.07) is 69.3. The van der Waals surface area contributed by atoms with Crippen molar-refractivity contribution < 1.29 is 0 Å². The van der Waals surface area contributed by atoms with E-state index in [0.29, 0.717) is 0 Å². The first-order valence-electron chi connectivity index (χ1n) is 20.0. The van der Waals surface area contributed by atoms with Crippen LogP contribution in [0, 0.1) is 0 Å². The van der Waals surface area contributed by atoms with Crippen LogP contribution in [0.1, 0.15) is 59.0 Å². The molecule has 0 radical (unpaired) electrons. The normalized spacial score (nSPS) is 17.2. The Morgan fingerprint density at radius 3 is 1.82 bits per heavy atom. The quantitative estimate of drug-likeness (QED) is 0.192. The van der Waals surface area contributed by atoms with Gasteiger partial charge >= 0.3 is 0 Å². The van der Waals surface area contributed by atoms with Gasteiger partial charge < -0.3 is 9.88 Å². The van der Waals surface area contributed by atoms with Gasteiger partial charge in [-0.2, -0.15) is 0 Å². The van der Waals surface area contributed by atoms with E-state index in [1.807, 2.05) is 0 Å². The molecule has 3 heteroatoms. The third-order valence-electron chi connectivity index (χ3n) is 13.1. The molecule has 1 N–H and O–H groups in total. The first-order valence-corrected chi connectivity index (χ1v) is 20.0. The van der Waals surface area contributed by atoms with Crippen LogP contribution in [0.3, 0.4) is 0 Å². The molecule has 270 valence electrons. The van der Waals surface area contributed by atoms with E-state index in [-0.39, 0.29) is 11.6 Å². The van der Waals surface area contributed by atoms with Crippen molar-refractivity contribution in [2.75, 3.05) is 0 Å². The molecule has 1 atom stereocenters. The molecule has 0 saturated heterocycles. The van der Waals surface area contributed by atoms with Crippen LogP contribution in [0.4, 0.5) is 0 Å². The van der Waals surface area contributed by atoms with Gasteiger partial charge in [-0.25, -0.2) is 4.99 Å². The monoisotopic (exact) mass is 729 g/mol. The number of para-hydroxylation sites is 1. The minimum Gasteiger partial charge on any atom is -0.361 e. The van der Waals surface area contributed by atoms with Gasteiger partial charge in [0.15, 0.2) is 0 Å². The number of aromatic nitrogens is 1. The zero-order chi connectivity index (χ0) is 37.9. The second-order valence-electron chi connectivity index (χ2n) is 16.3. The Bertz CT molecular complexity index is 3140. The van der Waals surface area contributed by atoms with Gasteiger partial charge in [0.2, 0.25) is 0 Å². The van der Waals surface area contributed by atoms with E-state index in [2.05, 4.69) is 212 Å². The summed E-state index contributed by atoms with van der Waals surface area (Å²) >= 11 is 0. The molecule has 3 nitrogen and oxygen atoms in total. The number of aliphatic imine (C=N–C) groups is 1. The second kappa shape index (κ2) is 11.8. The Kier molecular flexibility index (Phi) is 6.67. The molecular weight excluding hydrogens is 691 g/mol. The number of hydrogen-bond donors (Lipinski definition) is 1. The van der Waals surface area contributed by atoms with Gasteiger partial charge in [0.1, 0.15) is 6.17 Å². The topological polar surface area (TPSA) is 29.3 Å². The maximum absolute atomic E-state index is 5.92. The van der Waals surface area contributed by atoms with Crippen LogP contribution in [-0.2, 0) is 10.8 Å². The highest BCUT2D eigenvalue weighted by molar-refractivity contribution is 6.17. The molecule has 9 aromatic rings. The fourth-order valence-electron chi connectivity index (χ4n) is 10.6. The number of nitrogens with zero attached hydrogens (tertiary/aromatic N) is 2. The fourth-order valence-corrected chi connectivity index (χ4v) is 10.6. The summed E-state index contributed by atoms with van der Waals surface area (Å²) in [5.74, 6) is 0. The maximum Gasteiger partial charge on any atom is 0.148 e. The molecule has 1 aromatic heterocycles. The third kappa shape index (κ3) is 4.29. The molecule has 57 heavy (non-hydrogen) atoms. The molecule has 0 amide bonds. The van der Waals surface area contributed by atoms with Gasteiger partial charge in [-0.05, 0) is 67.9 Å². The van der Waals surface area contributed by atoms with Gasteiger partial charge in [0.05, 0.1) is 27.9 Å². The Morgan fingerprint density at radius 1 is 0.491 bits per heavy atom. The lowest BCUT2D eigenvalue weighted by Crippen LogP contribution is -2.40. The van der Waals surface area contributed by atoms with Crippen LogP contribution < -0.4 is 5.32 Å². The lowest BCUT2D eigenvalue weighted by Gasteiger charge is -2.35. The van der Waals surface area contributed by atoms with Gasteiger partial charge in [-0.3, -0.25) is 0 Å². The zero-order valence-corrected chi connectivity index (χ0v) is 31.9. The lowest BCUT2D eigenvalue weighted by molar-refractivity contribution is 0.503. The molecular formula is C54H39N3. The minimum absolute atomic E-state index is 0.258. The van der Waals surface area contributed by atoms with Gasteiger partial charge in [-0.15, -0.1) is 0 Å². The van der Waals surface area contributed by atoms with Crippen molar-refractivity contribution in [2.24, 2.45) is 4.99 Å². The van der Waals surface area contributed by atoms with Crippen molar-refractivity contribution >= 4 is 44.0 Å². The number of benzene rings is 8. The summed E-state index contributed by atoms with van der Waals surface area (Å²) in [6.07, 6.45) is -0.303. The zero-order valence-electron chi connectivity index (χ0n) is 31.9. The van der Waals surface area contributed by atoms with E-state index in [1.165, 1.54) is 82.8 Å². The predicted octanol–water partition coefficient (Wildman–Crippen LogP) is 12.6. The van der Waals surface area contributed by atoms with Crippen molar-refractivity contribution in [3.8, 4) is 11.1 Å². The van der Waals surface area contributed by atoms with Crippen molar-refractivity contribution in [2.45, 2.75) is 30.8 Å². The number of rotatable bonds is 4. The Morgan fingerprint density at radius 2 is 1.07 bits per heavy atom. The first kappa shape index (κ1) is 32.3. The van der Waals surface area contributed by atoms with Crippen LogP contribution in [-0.4, -0.2) is 10.3 Å². The Balaban J connectivity index is 1.20. The average Bonchev–Trinajstić information content (AvgIpc) is 3.84. The summed E-state index contributed by atoms with van der Waals surface area (Å²) in [5.41, 5.74) is 16.0. The molecule has 0 fully saturated rings. The third-order valence-corrected chi connectivity index (χ3v) is 13.1. The Labute approximate surface area is 332 Å². The summed E-state index contributed by atoms with van der Waals surface area (Å²) < 4.78 is 2.53. The molecule has 0 spiro atoms. The Hall–Kier alpha value is -6.97. The smallest absolute Gasteiger partial charge is 0.148 e. The van der Waals surface area contributed by atoms with E-state index < -0.39 is 5.41 Å². The van der Waals surface area contributed by atoms with Crippen LogP contribution in [0.15, 0.2) is 199 Å². The standard InChI is InChI=1S/C54H39N3/c1-53(2)43-28-14-12-26-40(43)49-51(53)56-52(57-46-31-16-13-24-38(46)42-32-34-18-9-10-19-35(34)33-47(42)57)50(55-49)41-27-17-30-45-48(41)39-25-11-15-29-44(39)54(45,36-20-5-3-6-21-36)37-22-7-4-8-23-37/h3-33,52,56H,1-2H3. The number of nitrogens with one attached hydrogen (secondary N) is 1. The van der Waals surface area contributed by atoms with E-state index in [9.17, 15) is 0 Å². The lowest BCUT2D eigenvalue weighted by atomic mass is 9.67. The van der Waals surface area contributed by atoms with E-state index in [4.69, 9.17) is 4.99 Å². The second-order valence-corrected chi connectivity index (χ2v) is 16.3. The number of hydrogen-bond acceptors (Lipinski definition) is 2. The van der Waals surface area contributed by atoms with Crippen molar-refractivity contribution in [1.82, 2.24) is 9.88 Å².